The van der Waals surface area contributed by atoms with E-state index >= 15 is 0 Å². The van der Waals surface area contributed by atoms with Crippen molar-refractivity contribution in [2.45, 2.75) is 25.7 Å². The van der Waals surface area contributed by atoms with Gasteiger partial charge in [-0.3, -0.25) is 20.4 Å². The van der Waals surface area contributed by atoms with Gasteiger partial charge in [-0.15, -0.1) is 0 Å². The van der Waals surface area contributed by atoms with Crippen LogP contribution in [0.15, 0.2) is 42.5 Å². The molecule has 0 saturated carbocycles. The molecule has 0 radical (unpaired) electrons. The zero-order valence-corrected chi connectivity index (χ0v) is 14.2. The van der Waals surface area contributed by atoms with Crippen LogP contribution in [0.3, 0.4) is 0 Å². The quantitative estimate of drug-likeness (QED) is 0.806. The van der Waals surface area contributed by atoms with Crippen LogP contribution in [0, 0.1) is 11.3 Å². The Labute approximate surface area is 151 Å². The number of aryl methyl sites for hydroxylation is 2. The number of nitrogens with one attached hydrogen (secondary N) is 2. The molecule has 0 saturated heterocycles. The Morgan fingerprint density at radius 2 is 1.73 bits per heavy atom. The number of hydrogen-bond acceptors (Lipinski definition) is 4. The first-order chi connectivity index (χ1) is 12.6. The number of fused-ring (bicyclic) bond motifs is 1. The van der Waals surface area contributed by atoms with Gasteiger partial charge in [0.15, 0.2) is 6.61 Å². The maximum absolute atomic E-state index is 12.0. The van der Waals surface area contributed by atoms with E-state index in [4.69, 9.17) is 10.00 Å². The maximum atomic E-state index is 12.0. The number of nitriles is 1. The molecule has 132 valence electrons. The van der Waals surface area contributed by atoms with Crippen molar-refractivity contribution in [3.05, 3.63) is 64.7 Å². The van der Waals surface area contributed by atoms with Crippen LogP contribution < -0.4 is 15.6 Å². The van der Waals surface area contributed by atoms with E-state index in [9.17, 15) is 9.59 Å². The number of carbonyl (C=O) groups is 2. The molecule has 0 spiro atoms. The van der Waals surface area contributed by atoms with Crippen LogP contribution in [0.4, 0.5) is 0 Å². The van der Waals surface area contributed by atoms with E-state index in [1.807, 2.05) is 12.1 Å². The molecule has 0 bridgehead atoms. The highest BCUT2D eigenvalue weighted by atomic mass is 16.5. The fraction of sp³-hybridized carbons (Fsp3) is 0.250. The second kappa shape index (κ2) is 8.17. The molecule has 0 aromatic heterocycles. The second-order valence-corrected chi connectivity index (χ2v) is 6.15. The van der Waals surface area contributed by atoms with E-state index in [0.717, 1.165) is 18.4 Å². The van der Waals surface area contributed by atoms with Crippen molar-refractivity contribution in [3.63, 3.8) is 0 Å². The average molecular weight is 349 g/mol. The van der Waals surface area contributed by atoms with Crippen molar-refractivity contribution in [1.29, 1.82) is 5.26 Å². The molecular weight excluding hydrogens is 330 g/mol. The van der Waals surface area contributed by atoms with E-state index < -0.39 is 5.91 Å². The van der Waals surface area contributed by atoms with E-state index in [1.165, 1.54) is 17.5 Å². The van der Waals surface area contributed by atoms with Gasteiger partial charge in [0.2, 0.25) is 5.91 Å². The zero-order valence-electron chi connectivity index (χ0n) is 14.2. The molecule has 0 unspecified atom stereocenters. The molecule has 2 aromatic rings. The topological polar surface area (TPSA) is 91.2 Å². The third-order valence-electron chi connectivity index (χ3n) is 4.22. The minimum atomic E-state index is -0.461. The number of ether oxygens (including phenoxy) is 1. The summed E-state index contributed by atoms with van der Waals surface area (Å²) in [7, 11) is 0. The summed E-state index contributed by atoms with van der Waals surface area (Å²) in [5.41, 5.74) is 8.85. The van der Waals surface area contributed by atoms with Crippen LogP contribution in [-0.2, 0) is 28.9 Å². The van der Waals surface area contributed by atoms with Gasteiger partial charge in [-0.05, 0) is 60.2 Å². The SMILES string of the molecule is N#Cc1ccc(OCC(=O)NNC(=O)Cc2ccc3c(c2)CCC3)cc1. The van der Waals surface area contributed by atoms with Gasteiger partial charge in [-0.2, -0.15) is 5.26 Å². The molecule has 0 atom stereocenters. The van der Waals surface area contributed by atoms with Crippen molar-refractivity contribution in [1.82, 2.24) is 10.9 Å². The Morgan fingerprint density at radius 3 is 2.50 bits per heavy atom. The summed E-state index contributed by atoms with van der Waals surface area (Å²) < 4.78 is 5.30. The molecule has 2 aromatic carbocycles. The average Bonchev–Trinajstić information content (AvgIpc) is 3.13. The third kappa shape index (κ3) is 4.61. The molecule has 1 aliphatic carbocycles. The molecule has 6 nitrogen and oxygen atoms in total. The second-order valence-electron chi connectivity index (χ2n) is 6.15. The Balaban J connectivity index is 1.41. The van der Waals surface area contributed by atoms with Gasteiger partial charge in [0.05, 0.1) is 18.1 Å². The molecule has 0 fully saturated rings. The minimum absolute atomic E-state index is 0.212. The lowest BCUT2D eigenvalue weighted by Crippen LogP contribution is -2.44. The van der Waals surface area contributed by atoms with Gasteiger partial charge in [0.1, 0.15) is 5.75 Å². The first-order valence-electron chi connectivity index (χ1n) is 8.45. The van der Waals surface area contributed by atoms with Crippen LogP contribution >= 0.6 is 0 Å². The smallest absolute Gasteiger partial charge is 0.276 e. The number of hydrogen-bond donors (Lipinski definition) is 2. The van der Waals surface area contributed by atoms with Crippen LogP contribution in [0.25, 0.3) is 0 Å². The van der Waals surface area contributed by atoms with Gasteiger partial charge < -0.3 is 4.74 Å². The largest absolute Gasteiger partial charge is 0.484 e. The molecule has 0 aliphatic heterocycles. The maximum Gasteiger partial charge on any atom is 0.276 e. The standard InChI is InChI=1S/C20H19N3O3/c21-12-14-5-8-18(9-6-14)26-13-20(25)23-22-19(24)11-15-4-7-16-2-1-3-17(16)10-15/h4-10H,1-3,11,13H2,(H,22,24)(H,23,25). The first-order valence-corrected chi connectivity index (χ1v) is 8.45. The molecule has 2 N–H and O–H groups in total. The number of carbonyl (C=O) groups excluding carboxylic acids is 2. The molecule has 6 heteroatoms. The summed E-state index contributed by atoms with van der Waals surface area (Å²) in [5.74, 6) is -0.269. The lowest BCUT2D eigenvalue weighted by molar-refractivity contribution is -0.129. The summed E-state index contributed by atoms with van der Waals surface area (Å²) in [4.78, 5) is 23.7. The van der Waals surface area contributed by atoms with Gasteiger partial charge in [-0.1, -0.05) is 18.2 Å². The monoisotopic (exact) mass is 349 g/mol. The fourth-order valence-corrected chi connectivity index (χ4v) is 2.91. The van der Waals surface area contributed by atoms with Crippen molar-refractivity contribution in [3.8, 4) is 11.8 Å². The van der Waals surface area contributed by atoms with E-state index in [0.29, 0.717) is 11.3 Å². The molecule has 1 aliphatic rings. The van der Waals surface area contributed by atoms with Crippen LogP contribution in [0.1, 0.15) is 28.7 Å². The molecule has 2 amide bonds. The normalized spacial score (nSPS) is 12.0. The number of hydrazine groups is 1. The number of benzene rings is 2. The predicted octanol–water partition coefficient (Wildman–Crippen LogP) is 1.82. The Bertz CT molecular complexity index is 854. The number of rotatable bonds is 5. The summed E-state index contributed by atoms with van der Waals surface area (Å²) in [6.45, 7) is -0.231. The first kappa shape index (κ1) is 17.5. The third-order valence-corrected chi connectivity index (χ3v) is 4.22. The van der Waals surface area contributed by atoms with Crippen molar-refractivity contribution < 1.29 is 14.3 Å². The van der Waals surface area contributed by atoms with Gasteiger partial charge in [0.25, 0.3) is 5.91 Å². The highest BCUT2D eigenvalue weighted by molar-refractivity contribution is 5.83. The Hall–Kier alpha value is -3.33. The number of nitrogens with zero attached hydrogens (tertiary/aromatic N) is 1. The molecular formula is C20H19N3O3. The highest BCUT2D eigenvalue weighted by Crippen LogP contribution is 2.22. The predicted molar refractivity (Wildman–Crippen MR) is 95.1 cm³/mol. The van der Waals surface area contributed by atoms with E-state index in [-0.39, 0.29) is 18.9 Å². The zero-order chi connectivity index (χ0) is 18.4. The fourth-order valence-electron chi connectivity index (χ4n) is 2.91. The van der Waals surface area contributed by atoms with E-state index in [2.05, 4.69) is 23.0 Å². The van der Waals surface area contributed by atoms with Crippen molar-refractivity contribution in [2.24, 2.45) is 0 Å². The van der Waals surface area contributed by atoms with Crippen molar-refractivity contribution >= 4 is 11.8 Å². The highest BCUT2D eigenvalue weighted by Gasteiger charge is 2.12. The Kier molecular flexibility index (Phi) is 5.49. The van der Waals surface area contributed by atoms with Crippen LogP contribution in [0.2, 0.25) is 0 Å². The molecule has 3 rings (SSSR count). The van der Waals surface area contributed by atoms with Crippen molar-refractivity contribution in [2.75, 3.05) is 6.61 Å². The summed E-state index contributed by atoms with van der Waals surface area (Å²) in [5, 5.41) is 8.72. The van der Waals surface area contributed by atoms with Gasteiger partial charge in [-0.25, -0.2) is 0 Å². The molecule has 26 heavy (non-hydrogen) atoms. The summed E-state index contributed by atoms with van der Waals surface area (Å²) in [6.07, 6.45) is 3.55. The minimum Gasteiger partial charge on any atom is -0.484 e. The Morgan fingerprint density at radius 1 is 1.00 bits per heavy atom. The summed E-state index contributed by atoms with van der Waals surface area (Å²) in [6, 6.07) is 14.5. The van der Waals surface area contributed by atoms with E-state index in [1.54, 1.807) is 24.3 Å². The van der Waals surface area contributed by atoms with Gasteiger partial charge in [0, 0.05) is 0 Å². The number of amides is 2. The molecule has 0 heterocycles. The van der Waals surface area contributed by atoms with Crippen LogP contribution in [-0.4, -0.2) is 18.4 Å². The lowest BCUT2D eigenvalue weighted by atomic mass is 10.0. The summed E-state index contributed by atoms with van der Waals surface area (Å²) >= 11 is 0. The lowest BCUT2D eigenvalue weighted by Gasteiger charge is -2.09. The van der Waals surface area contributed by atoms with Gasteiger partial charge >= 0.3 is 0 Å². The van der Waals surface area contributed by atoms with Crippen LogP contribution in [0.5, 0.6) is 5.75 Å².